The first-order valence-corrected chi connectivity index (χ1v) is 12.4. The smallest absolute Gasteiger partial charge is 0.151 e. The molecule has 0 spiro atoms. The first-order valence-electron chi connectivity index (χ1n) is 10.4. The second-order valence-electron chi connectivity index (χ2n) is 8.42. The van der Waals surface area contributed by atoms with Crippen LogP contribution in [-0.2, 0) is 28.6 Å². The number of aromatic amines is 1. The van der Waals surface area contributed by atoms with Crippen molar-refractivity contribution in [2.45, 2.75) is 31.6 Å². The quantitative estimate of drug-likeness (QED) is 0.624. The summed E-state index contributed by atoms with van der Waals surface area (Å²) in [6, 6.07) is 12.3. The van der Waals surface area contributed by atoms with Gasteiger partial charge < -0.3 is 4.74 Å². The van der Waals surface area contributed by atoms with E-state index in [1.54, 1.807) is 7.11 Å². The van der Waals surface area contributed by atoms with E-state index in [0.717, 1.165) is 48.1 Å². The van der Waals surface area contributed by atoms with Crippen LogP contribution in [0, 0.1) is 5.92 Å². The number of benzene rings is 2. The number of hydrogen-bond donors (Lipinski definition) is 1. The fraction of sp³-hybridized carbons (Fsp3) is 0.435. The number of piperidine rings is 1. The number of nitrogens with one attached hydrogen (secondary N) is 1. The summed E-state index contributed by atoms with van der Waals surface area (Å²) in [6.07, 6.45) is 6.59. The molecule has 1 fully saturated rings. The summed E-state index contributed by atoms with van der Waals surface area (Å²) in [5, 5.41) is 8.28. The van der Waals surface area contributed by atoms with E-state index in [2.05, 4.69) is 33.3 Å². The number of fused-ring (bicyclic) bond motifs is 1. The standard InChI is InChI=1S/C23H29N3O3S/c1-29-23-19(6-3-7-20(23)16-30(2,27)28)15-26-10-4-5-18(14-26)11-17-8-9-22-21(12-17)13-24-25-22/h3,6-9,12-13,18H,4-5,10-11,14-16H2,1-2H3,(H,24,25)/t18-/m1/s1. The SMILES string of the molecule is COc1c(CN2CCC[C@H](Cc3ccc4[nH]ncc4c3)C2)cccc1CS(C)(=O)=O. The van der Waals surface area contributed by atoms with E-state index in [9.17, 15) is 8.42 Å². The number of methoxy groups -OCH3 is 1. The van der Waals surface area contributed by atoms with Crippen LogP contribution in [0.15, 0.2) is 42.6 Å². The molecule has 0 radical (unpaired) electrons. The number of likely N-dealkylation sites (tertiary alicyclic amines) is 1. The summed E-state index contributed by atoms with van der Waals surface area (Å²) in [6.45, 7) is 2.86. The maximum absolute atomic E-state index is 11.8. The molecule has 1 aromatic heterocycles. The molecule has 2 heterocycles. The Hall–Kier alpha value is -2.38. The summed E-state index contributed by atoms with van der Waals surface area (Å²) in [4.78, 5) is 2.46. The van der Waals surface area contributed by atoms with Gasteiger partial charge in [0.15, 0.2) is 9.84 Å². The Morgan fingerprint density at radius 2 is 2.07 bits per heavy atom. The zero-order valence-corrected chi connectivity index (χ0v) is 18.4. The molecule has 1 aliphatic heterocycles. The van der Waals surface area contributed by atoms with Crippen LogP contribution in [0.1, 0.15) is 29.5 Å². The van der Waals surface area contributed by atoms with Crippen molar-refractivity contribution >= 4 is 20.7 Å². The van der Waals surface area contributed by atoms with Gasteiger partial charge >= 0.3 is 0 Å². The predicted octanol–water partition coefficient (Wildman–Crippen LogP) is 3.57. The Kier molecular flexibility index (Phi) is 6.11. The average molecular weight is 428 g/mol. The zero-order valence-electron chi connectivity index (χ0n) is 17.6. The van der Waals surface area contributed by atoms with Crippen LogP contribution in [-0.4, -0.2) is 50.0 Å². The number of H-pyrrole nitrogens is 1. The Morgan fingerprint density at radius 3 is 2.87 bits per heavy atom. The molecule has 2 aromatic carbocycles. The van der Waals surface area contributed by atoms with Crippen LogP contribution < -0.4 is 4.74 Å². The van der Waals surface area contributed by atoms with Gasteiger partial charge in [0.2, 0.25) is 0 Å². The van der Waals surface area contributed by atoms with E-state index in [4.69, 9.17) is 4.74 Å². The van der Waals surface area contributed by atoms with Crippen molar-refractivity contribution in [2.75, 3.05) is 26.5 Å². The first-order chi connectivity index (χ1) is 14.4. The van der Waals surface area contributed by atoms with Gasteiger partial charge in [0.25, 0.3) is 0 Å². The van der Waals surface area contributed by atoms with Crippen molar-refractivity contribution in [2.24, 2.45) is 5.92 Å². The van der Waals surface area contributed by atoms with E-state index in [0.29, 0.717) is 11.7 Å². The lowest BCUT2D eigenvalue weighted by atomic mass is 9.90. The molecule has 1 aliphatic rings. The molecule has 1 atom stereocenters. The molecule has 0 unspecified atom stereocenters. The number of nitrogens with zero attached hydrogens (tertiary/aromatic N) is 2. The fourth-order valence-corrected chi connectivity index (χ4v) is 5.37. The normalized spacial score (nSPS) is 18.0. The maximum Gasteiger partial charge on any atom is 0.151 e. The van der Waals surface area contributed by atoms with Gasteiger partial charge in [-0.2, -0.15) is 5.10 Å². The van der Waals surface area contributed by atoms with E-state index >= 15 is 0 Å². The number of ether oxygens (including phenoxy) is 1. The molecular weight excluding hydrogens is 398 g/mol. The van der Waals surface area contributed by atoms with Crippen molar-refractivity contribution in [1.29, 1.82) is 0 Å². The molecule has 3 aromatic rings. The van der Waals surface area contributed by atoms with Crippen molar-refractivity contribution in [1.82, 2.24) is 15.1 Å². The molecule has 0 saturated carbocycles. The minimum Gasteiger partial charge on any atom is -0.496 e. The van der Waals surface area contributed by atoms with E-state index in [1.165, 1.54) is 24.7 Å². The van der Waals surface area contributed by atoms with Crippen molar-refractivity contribution < 1.29 is 13.2 Å². The van der Waals surface area contributed by atoms with Crippen LogP contribution in [0.4, 0.5) is 0 Å². The minimum absolute atomic E-state index is 0.00310. The summed E-state index contributed by atoms with van der Waals surface area (Å²) in [5.74, 6) is 1.31. The molecule has 1 N–H and O–H groups in total. The monoisotopic (exact) mass is 427 g/mol. The highest BCUT2D eigenvalue weighted by molar-refractivity contribution is 7.89. The molecule has 30 heavy (non-hydrogen) atoms. The van der Waals surface area contributed by atoms with Crippen molar-refractivity contribution in [3.8, 4) is 5.75 Å². The second kappa shape index (κ2) is 8.78. The molecule has 0 aliphatic carbocycles. The first kappa shape index (κ1) is 20.9. The highest BCUT2D eigenvalue weighted by Gasteiger charge is 2.22. The Labute approximate surface area is 178 Å². The number of rotatable bonds is 7. The van der Waals surface area contributed by atoms with E-state index in [-0.39, 0.29) is 5.75 Å². The van der Waals surface area contributed by atoms with Crippen LogP contribution >= 0.6 is 0 Å². The van der Waals surface area contributed by atoms with Crippen LogP contribution in [0.2, 0.25) is 0 Å². The third-order valence-electron chi connectivity index (χ3n) is 5.83. The molecule has 6 nitrogen and oxygen atoms in total. The number of aromatic nitrogens is 2. The largest absolute Gasteiger partial charge is 0.496 e. The molecule has 7 heteroatoms. The predicted molar refractivity (Wildman–Crippen MR) is 119 cm³/mol. The Bertz CT molecular complexity index is 1120. The van der Waals surface area contributed by atoms with Gasteiger partial charge in [-0.25, -0.2) is 8.42 Å². The highest BCUT2D eigenvalue weighted by Crippen LogP contribution is 2.29. The van der Waals surface area contributed by atoms with E-state index in [1.807, 2.05) is 24.4 Å². The van der Waals surface area contributed by atoms with Gasteiger partial charge in [-0.05, 0) is 49.4 Å². The van der Waals surface area contributed by atoms with Crippen LogP contribution in [0.5, 0.6) is 5.75 Å². The fourth-order valence-electron chi connectivity index (χ4n) is 4.58. The Balaban J connectivity index is 1.45. The van der Waals surface area contributed by atoms with Gasteiger partial charge in [-0.1, -0.05) is 24.3 Å². The van der Waals surface area contributed by atoms with Gasteiger partial charge in [-0.3, -0.25) is 10.00 Å². The van der Waals surface area contributed by atoms with Gasteiger partial charge in [0, 0.05) is 35.9 Å². The van der Waals surface area contributed by atoms with Gasteiger partial charge in [0.05, 0.1) is 24.6 Å². The number of hydrogen-bond acceptors (Lipinski definition) is 5. The lowest BCUT2D eigenvalue weighted by molar-refractivity contribution is 0.165. The summed E-state index contributed by atoms with van der Waals surface area (Å²) in [5.41, 5.74) is 4.21. The maximum atomic E-state index is 11.8. The van der Waals surface area contributed by atoms with Crippen molar-refractivity contribution in [3.63, 3.8) is 0 Å². The Morgan fingerprint density at radius 1 is 1.23 bits per heavy atom. The molecule has 160 valence electrons. The molecular formula is C23H29N3O3S. The zero-order chi connectivity index (χ0) is 21.1. The van der Waals surface area contributed by atoms with Gasteiger partial charge in [0.1, 0.15) is 5.75 Å². The topological polar surface area (TPSA) is 75.3 Å². The highest BCUT2D eigenvalue weighted by atomic mass is 32.2. The minimum atomic E-state index is -3.11. The third-order valence-corrected chi connectivity index (χ3v) is 6.66. The summed E-state index contributed by atoms with van der Waals surface area (Å²) >= 11 is 0. The average Bonchev–Trinajstić information content (AvgIpc) is 3.15. The molecule has 0 bridgehead atoms. The second-order valence-corrected chi connectivity index (χ2v) is 10.6. The summed E-state index contributed by atoms with van der Waals surface area (Å²) in [7, 11) is -1.49. The molecule has 1 saturated heterocycles. The lowest BCUT2D eigenvalue weighted by Gasteiger charge is -2.33. The van der Waals surface area contributed by atoms with Crippen LogP contribution in [0.3, 0.4) is 0 Å². The van der Waals surface area contributed by atoms with Crippen molar-refractivity contribution in [3.05, 3.63) is 59.3 Å². The molecule has 4 rings (SSSR count). The van der Waals surface area contributed by atoms with Crippen LogP contribution in [0.25, 0.3) is 10.9 Å². The summed E-state index contributed by atoms with van der Waals surface area (Å²) < 4.78 is 29.2. The molecule has 0 amide bonds. The lowest BCUT2D eigenvalue weighted by Crippen LogP contribution is -2.35. The third kappa shape index (κ3) is 5.02. The van der Waals surface area contributed by atoms with E-state index < -0.39 is 9.84 Å². The number of sulfone groups is 1. The van der Waals surface area contributed by atoms with Gasteiger partial charge in [-0.15, -0.1) is 0 Å². The number of para-hydroxylation sites is 1.